The van der Waals surface area contributed by atoms with Gasteiger partial charge in [-0.2, -0.15) is 0 Å². The first-order chi connectivity index (χ1) is 23.2. The van der Waals surface area contributed by atoms with Crippen molar-refractivity contribution in [3.8, 4) is 0 Å². The van der Waals surface area contributed by atoms with Gasteiger partial charge >= 0.3 is 12.1 Å². The maximum absolute atomic E-state index is 13.5. The van der Waals surface area contributed by atoms with Gasteiger partial charge in [0.05, 0.1) is 4.90 Å². The van der Waals surface area contributed by atoms with Gasteiger partial charge in [0.1, 0.15) is 25.3 Å². The molecule has 0 unspecified atom stereocenters. The normalized spacial score (nSPS) is 12.9. The number of amides is 2. The van der Waals surface area contributed by atoms with Crippen LogP contribution >= 0.6 is 0 Å². The number of rotatable bonds is 16. The van der Waals surface area contributed by atoms with Gasteiger partial charge in [-0.3, -0.25) is 9.79 Å². The lowest BCUT2D eigenvalue weighted by Crippen LogP contribution is -2.52. The molecule has 0 aliphatic heterocycles. The Morgan fingerprint density at radius 3 is 1.92 bits per heavy atom. The van der Waals surface area contributed by atoms with Crippen LogP contribution in [0.25, 0.3) is 0 Å². The zero-order valence-corrected chi connectivity index (χ0v) is 29.5. The van der Waals surface area contributed by atoms with E-state index in [2.05, 4.69) is 20.3 Å². The molecule has 0 saturated heterocycles. The summed E-state index contributed by atoms with van der Waals surface area (Å²) in [5.41, 5.74) is 9.60. The highest BCUT2D eigenvalue weighted by Crippen LogP contribution is 2.21. The number of alkyl carbamates (subject to hydrolysis) is 1. The third kappa shape index (κ3) is 12.9. The number of nitrogens with one attached hydrogen (secondary N) is 3. The monoisotopic (exact) mass is 693 g/mol. The van der Waals surface area contributed by atoms with Crippen LogP contribution in [0.4, 0.5) is 4.79 Å². The number of guanidine groups is 1. The highest BCUT2D eigenvalue weighted by Gasteiger charge is 2.29. The van der Waals surface area contributed by atoms with E-state index in [-0.39, 0.29) is 49.4 Å². The predicted octanol–water partition coefficient (Wildman–Crippen LogP) is 4.55. The highest BCUT2D eigenvalue weighted by atomic mass is 32.2. The fourth-order valence-electron chi connectivity index (χ4n) is 5.27. The van der Waals surface area contributed by atoms with Crippen molar-refractivity contribution in [3.05, 3.63) is 101 Å². The predicted molar refractivity (Wildman–Crippen MR) is 188 cm³/mol. The maximum Gasteiger partial charge on any atom is 0.408 e. The lowest BCUT2D eigenvalue weighted by Gasteiger charge is -2.23. The lowest BCUT2D eigenvalue weighted by atomic mass is 10.0. The summed E-state index contributed by atoms with van der Waals surface area (Å²) >= 11 is 0. The molecule has 3 rings (SSSR count). The van der Waals surface area contributed by atoms with Gasteiger partial charge in [0.2, 0.25) is 11.9 Å². The number of sulfonamides is 1. The van der Waals surface area contributed by atoms with Gasteiger partial charge in [-0.05, 0) is 68.2 Å². The van der Waals surface area contributed by atoms with Gasteiger partial charge in [-0.25, -0.2) is 22.7 Å². The minimum absolute atomic E-state index is 0.0102. The molecule has 0 aliphatic rings. The minimum atomic E-state index is -3.99. The molecule has 264 valence electrons. The molecule has 0 saturated carbocycles. The summed E-state index contributed by atoms with van der Waals surface area (Å²) in [6.45, 7) is 9.20. The van der Waals surface area contributed by atoms with E-state index >= 15 is 0 Å². The number of nitrogens with zero attached hydrogens (tertiary/aromatic N) is 1. The van der Waals surface area contributed by atoms with E-state index in [1.165, 1.54) is 0 Å². The van der Waals surface area contributed by atoms with Crippen LogP contribution in [-0.4, -0.2) is 51.0 Å². The summed E-state index contributed by atoms with van der Waals surface area (Å²) < 4.78 is 39.2. The fourth-order valence-corrected chi connectivity index (χ4v) is 6.68. The van der Waals surface area contributed by atoms with Gasteiger partial charge in [0.15, 0.2) is 0 Å². The number of carbonyl (C=O) groups excluding carboxylic acids is 3. The van der Waals surface area contributed by atoms with Crippen LogP contribution in [0.1, 0.15) is 60.9 Å². The number of esters is 1. The first-order valence-electron chi connectivity index (χ1n) is 16.1. The van der Waals surface area contributed by atoms with Crippen LogP contribution in [-0.2, 0) is 42.3 Å². The van der Waals surface area contributed by atoms with Crippen molar-refractivity contribution in [2.45, 2.75) is 84.1 Å². The SMILES string of the molecule is Cc1cc(C)c(S(=O)(=O)NC(N)=NCCC[C@H](NC(=O)OCc2ccccc2)C(=O)N[C@@H](CC(C)C)C(=O)OCc2ccccc2)c(C)c1. The van der Waals surface area contributed by atoms with Crippen molar-refractivity contribution in [1.29, 1.82) is 0 Å². The molecule has 2 amide bonds. The molecule has 3 aromatic rings. The Balaban J connectivity index is 1.68. The van der Waals surface area contributed by atoms with Crippen LogP contribution in [0.3, 0.4) is 0 Å². The Labute approximate surface area is 288 Å². The molecule has 0 radical (unpaired) electrons. The van der Waals surface area contributed by atoms with Crippen molar-refractivity contribution < 1.29 is 32.3 Å². The standard InChI is InChI=1S/C36H47N5O7S/c1-24(2)19-31(34(43)47-22-28-13-8-6-9-14-28)39-33(42)30(40-36(44)48-23-29-15-10-7-11-16-29)17-12-18-38-35(37)41-49(45,46)32-26(4)20-25(3)21-27(32)5/h6-11,13-16,20-21,24,30-31H,12,17-19,22-23H2,1-5H3,(H,39,42)(H,40,44)(H3,37,38,41)/t30-,31-/m0/s1. The number of ether oxygens (including phenoxy) is 2. The Hall–Kier alpha value is -4.91. The van der Waals surface area contributed by atoms with Gasteiger partial charge in [-0.1, -0.05) is 92.2 Å². The van der Waals surface area contributed by atoms with E-state index in [4.69, 9.17) is 15.2 Å². The molecular formula is C36H47N5O7S. The van der Waals surface area contributed by atoms with Crippen LogP contribution in [0, 0.1) is 26.7 Å². The number of hydrogen-bond acceptors (Lipinski definition) is 8. The van der Waals surface area contributed by atoms with Gasteiger partial charge < -0.3 is 25.8 Å². The number of carbonyl (C=O) groups is 3. The molecule has 13 heteroatoms. The summed E-state index contributed by atoms with van der Waals surface area (Å²) in [6.07, 6.45) is -0.198. The molecule has 0 aliphatic carbocycles. The highest BCUT2D eigenvalue weighted by molar-refractivity contribution is 7.90. The third-order valence-corrected chi connectivity index (χ3v) is 9.06. The molecule has 0 heterocycles. The first-order valence-corrected chi connectivity index (χ1v) is 17.6. The van der Waals surface area contributed by atoms with Crippen LogP contribution < -0.4 is 21.1 Å². The summed E-state index contributed by atoms with van der Waals surface area (Å²) in [6, 6.07) is 19.7. The third-order valence-electron chi connectivity index (χ3n) is 7.40. The second-order valence-corrected chi connectivity index (χ2v) is 13.9. The van der Waals surface area contributed by atoms with Crippen LogP contribution in [0.15, 0.2) is 82.7 Å². The first kappa shape index (κ1) is 38.5. The number of aryl methyl sites for hydroxylation is 3. The summed E-state index contributed by atoms with van der Waals surface area (Å²) in [5, 5.41) is 5.33. The van der Waals surface area contributed by atoms with Crippen molar-refractivity contribution in [2.24, 2.45) is 16.6 Å². The zero-order chi connectivity index (χ0) is 36.0. The molecular weight excluding hydrogens is 646 g/mol. The van der Waals surface area contributed by atoms with E-state index in [1.54, 1.807) is 38.1 Å². The number of benzene rings is 3. The van der Waals surface area contributed by atoms with Crippen molar-refractivity contribution in [1.82, 2.24) is 15.4 Å². The molecule has 0 bridgehead atoms. The Morgan fingerprint density at radius 1 is 0.816 bits per heavy atom. The van der Waals surface area contributed by atoms with E-state index in [0.717, 1.165) is 16.7 Å². The van der Waals surface area contributed by atoms with Crippen molar-refractivity contribution in [2.75, 3.05) is 6.54 Å². The number of hydrogen-bond donors (Lipinski definition) is 4. The zero-order valence-electron chi connectivity index (χ0n) is 28.7. The fraction of sp³-hybridized carbons (Fsp3) is 0.389. The quantitative estimate of drug-likeness (QED) is 0.0730. The van der Waals surface area contributed by atoms with Crippen LogP contribution in [0.2, 0.25) is 0 Å². The summed E-state index contributed by atoms with van der Waals surface area (Å²) in [4.78, 5) is 43.6. The maximum atomic E-state index is 13.5. The molecule has 3 aromatic carbocycles. The van der Waals surface area contributed by atoms with Gasteiger partial charge in [0.25, 0.3) is 10.0 Å². The van der Waals surface area contributed by atoms with E-state index in [9.17, 15) is 22.8 Å². The van der Waals surface area contributed by atoms with E-state index < -0.39 is 40.1 Å². The smallest absolute Gasteiger partial charge is 0.408 e. The molecule has 0 aromatic heterocycles. The largest absolute Gasteiger partial charge is 0.459 e. The molecule has 0 fully saturated rings. The number of aliphatic imine (C=N–C) groups is 1. The Morgan fingerprint density at radius 2 is 1.37 bits per heavy atom. The second kappa shape index (κ2) is 18.6. The Kier molecular flexibility index (Phi) is 14.6. The topological polar surface area (TPSA) is 178 Å². The second-order valence-electron chi connectivity index (χ2n) is 12.3. The average molecular weight is 694 g/mol. The minimum Gasteiger partial charge on any atom is -0.459 e. The summed E-state index contributed by atoms with van der Waals surface area (Å²) in [5.74, 6) is -1.47. The molecule has 0 spiro atoms. The average Bonchev–Trinajstić information content (AvgIpc) is 3.03. The Bertz CT molecular complexity index is 1670. The summed E-state index contributed by atoms with van der Waals surface area (Å²) in [7, 11) is -3.99. The molecule has 5 N–H and O–H groups in total. The molecule has 49 heavy (non-hydrogen) atoms. The van der Waals surface area contributed by atoms with Crippen molar-refractivity contribution in [3.63, 3.8) is 0 Å². The van der Waals surface area contributed by atoms with Gasteiger partial charge in [0, 0.05) is 6.54 Å². The van der Waals surface area contributed by atoms with E-state index in [1.807, 2.05) is 69.3 Å². The van der Waals surface area contributed by atoms with Gasteiger partial charge in [-0.15, -0.1) is 0 Å². The van der Waals surface area contributed by atoms with Crippen LogP contribution in [0.5, 0.6) is 0 Å². The molecule has 2 atom stereocenters. The lowest BCUT2D eigenvalue weighted by molar-refractivity contribution is -0.149. The number of nitrogens with two attached hydrogens (primary N) is 1. The van der Waals surface area contributed by atoms with E-state index in [0.29, 0.717) is 17.5 Å². The van der Waals surface area contributed by atoms with Crippen molar-refractivity contribution >= 4 is 34.0 Å². The molecule has 12 nitrogen and oxygen atoms in total.